The number of nitrogens with zero attached hydrogens (tertiary/aromatic N) is 1. The molecule has 4 nitrogen and oxygen atoms in total. The van der Waals surface area contributed by atoms with Gasteiger partial charge in [-0.2, -0.15) is 0 Å². The average molecular weight is 302 g/mol. The van der Waals surface area contributed by atoms with Crippen LogP contribution in [0.15, 0.2) is 12.2 Å². The number of hydrogen-bond acceptors (Lipinski definition) is 3. The van der Waals surface area contributed by atoms with Crippen molar-refractivity contribution in [3.8, 4) is 0 Å². The van der Waals surface area contributed by atoms with Gasteiger partial charge in [0, 0.05) is 7.05 Å². The van der Waals surface area contributed by atoms with Crippen LogP contribution >= 0.6 is 0 Å². The molecule has 0 fully saturated rings. The highest BCUT2D eigenvalue weighted by Crippen LogP contribution is 2.38. The lowest BCUT2D eigenvalue weighted by Gasteiger charge is -2.40. The lowest BCUT2D eigenvalue weighted by molar-refractivity contribution is -0.175. The molecule has 0 radical (unpaired) electrons. The standard InChI is InChI=1S/C15H31NO3Si/c1-10-11-13(12(2)14(17)16(6)18-7)19-20(8,9)15(3,4)5/h10-13H,1-9H3/b11-10+/t12-,13-/m0/s1. The molecule has 0 aliphatic heterocycles. The number of amides is 1. The van der Waals surface area contributed by atoms with E-state index in [-0.39, 0.29) is 23.0 Å². The van der Waals surface area contributed by atoms with Crippen LogP contribution in [0, 0.1) is 5.92 Å². The SMILES string of the molecule is C/C=C/[C@H](O[Si](C)(C)C(C)(C)C)[C@H](C)C(=O)N(C)OC. The first kappa shape index (κ1) is 19.3. The van der Waals surface area contributed by atoms with Crippen LogP contribution in [0.5, 0.6) is 0 Å². The third-order valence-corrected chi connectivity index (χ3v) is 8.56. The molecule has 0 N–H and O–H groups in total. The van der Waals surface area contributed by atoms with Crippen molar-refractivity contribution in [1.29, 1.82) is 0 Å². The van der Waals surface area contributed by atoms with Gasteiger partial charge in [-0.1, -0.05) is 39.8 Å². The molecule has 0 bridgehead atoms. The molecular formula is C15H31NO3Si. The minimum atomic E-state index is -1.92. The topological polar surface area (TPSA) is 38.8 Å². The van der Waals surface area contributed by atoms with Crippen LogP contribution in [0.2, 0.25) is 18.1 Å². The zero-order valence-electron chi connectivity index (χ0n) is 14.5. The third-order valence-electron chi connectivity index (χ3n) is 4.09. The maximum atomic E-state index is 12.2. The van der Waals surface area contributed by atoms with Crippen LogP contribution in [0.3, 0.4) is 0 Å². The van der Waals surface area contributed by atoms with E-state index in [0.29, 0.717) is 0 Å². The zero-order valence-corrected chi connectivity index (χ0v) is 15.5. The van der Waals surface area contributed by atoms with E-state index in [1.54, 1.807) is 7.05 Å². The molecule has 5 heteroatoms. The van der Waals surface area contributed by atoms with Crippen LogP contribution in [-0.2, 0) is 14.1 Å². The maximum absolute atomic E-state index is 12.2. The van der Waals surface area contributed by atoms with Gasteiger partial charge in [-0.15, -0.1) is 0 Å². The van der Waals surface area contributed by atoms with Crippen LogP contribution in [0.4, 0.5) is 0 Å². The summed E-state index contributed by atoms with van der Waals surface area (Å²) in [6.07, 6.45) is 3.69. The van der Waals surface area contributed by atoms with Gasteiger partial charge in [0.2, 0.25) is 0 Å². The molecule has 0 unspecified atom stereocenters. The lowest BCUT2D eigenvalue weighted by Crippen LogP contribution is -2.47. The molecule has 0 aromatic carbocycles. The van der Waals surface area contributed by atoms with Crippen LogP contribution in [0.25, 0.3) is 0 Å². The van der Waals surface area contributed by atoms with Crippen molar-refractivity contribution >= 4 is 14.2 Å². The van der Waals surface area contributed by atoms with Crippen molar-refractivity contribution in [2.24, 2.45) is 5.92 Å². The predicted octanol–water partition coefficient (Wildman–Crippen LogP) is 3.61. The first-order chi connectivity index (χ1) is 8.97. The summed E-state index contributed by atoms with van der Waals surface area (Å²) in [5.74, 6) is -0.348. The van der Waals surface area contributed by atoms with E-state index < -0.39 is 8.32 Å². The molecule has 0 heterocycles. The van der Waals surface area contributed by atoms with Crippen molar-refractivity contribution in [3.63, 3.8) is 0 Å². The van der Waals surface area contributed by atoms with Gasteiger partial charge in [-0.05, 0) is 25.1 Å². The van der Waals surface area contributed by atoms with E-state index in [1.165, 1.54) is 12.2 Å². The average Bonchev–Trinajstić information content (AvgIpc) is 2.33. The van der Waals surface area contributed by atoms with Crippen molar-refractivity contribution in [2.45, 2.75) is 58.9 Å². The van der Waals surface area contributed by atoms with Crippen LogP contribution < -0.4 is 0 Å². The van der Waals surface area contributed by atoms with Gasteiger partial charge in [-0.3, -0.25) is 9.63 Å². The Bertz CT molecular complexity index is 348. The summed E-state index contributed by atoms with van der Waals surface area (Å²) in [6.45, 7) is 14.8. The fraction of sp³-hybridized carbons (Fsp3) is 0.800. The Morgan fingerprint density at radius 3 is 2.15 bits per heavy atom. The second-order valence-corrected chi connectivity index (χ2v) is 11.4. The summed E-state index contributed by atoms with van der Waals surface area (Å²) >= 11 is 0. The largest absolute Gasteiger partial charge is 0.410 e. The number of carbonyl (C=O) groups is 1. The summed E-state index contributed by atoms with van der Waals surface area (Å²) < 4.78 is 6.37. The van der Waals surface area contributed by atoms with Crippen molar-refractivity contribution in [2.75, 3.05) is 14.2 Å². The van der Waals surface area contributed by atoms with Gasteiger partial charge >= 0.3 is 0 Å². The summed E-state index contributed by atoms with van der Waals surface area (Å²) in [7, 11) is 1.19. The molecule has 0 aromatic rings. The van der Waals surface area contributed by atoms with E-state index in [0.717, 1.165) is 0 Å². The normalized spacial score (nSPS) is 16.2. The zero-order chi connectivity index (χ0) is 16.1. The molecule has 20 heavy (non-hydrogen) atoms. The maximum Gasteiger partial charge on any atom is 0.251 e. The molecule has 0 aliphatic rings. The fourth-order valence-corrected chi connectivity index (χ4v) is 2.85. The summed E-state index contributed by atoms with van der Waals surface area (Å²) in [5, 5.41) is 1.37. The first-order valence-electron chi connectivity index (χ1n) is 7.10. The summed E-state index contributed by atoms with van der Waals surface area (Å²) in [4.78, 5) is 17.2. The quantitative estimate of drug-likeness (QED) is 0.427. The molecule has 1 amide bonds. The third kappa shape index (κ3) is 5.03. The van der Waals surface area contributed by atoms with Crippen molar-refractivity contribution < 1.29 is 14.1 Å². The highest BCUT2D eigenvalue weighted by atomic mass is 28.4. The van der Waals surface area contributed by atoms with E-state index in [9.17, 15) is 4.79 Å². The number of hydrogen-bond donors (Lipinski definition) is 0. The molecule has 0 aromatic heterocycles. The first-order valence-corrected chi connectivity index (χ1v) is 10.0. The van der Waals surface area contributed by atoms with Crippen LogP contribution in [-0.4, -0.2) is 39.5 Å². The number of rotatable bonds is 6. The minimum Gasteiger partial charge on any atom is -0.410 e. The second-order valence-electron chi connectivity index (χ2n) is 6.68. The van der Waals surface area contributed by atoms with E-state index >= 15 is 0 Å². The summed E-state index contributed by atoms with van der Waals surface area (Å²) in [6, 6.07) is 0. The number of carbonyl (C=O) groups excluding carboxylic acids is 1. The lowest BCUT2D eigenvalue weighted by atomic mass is 10.0. The number of allylic oxidation sites excluding steroid dienone is 1. The van der Waals surface area contributed by atoms with E-state index in [2.05, 4.69) is 33.9 Å². The highest BCUT2D eigenvalue weighted by Gasteiger charge is 2.40. The minimum absolute atomic E-state index is 0.0747. The molecule has 0 aliphatic carbocycles. The van der Waals surface area contributed by atoms with Gasteiger partial charge < -0.3 is 4.43 Å². The smallest absolute Gasteiger partial charge is 0.251 e. The highest BCUT2D eigenvalue weighted by molar-refractivity contribution is 6.74. The fourth-order valence-electron chi connectivity index (χ4n) is 1.53. The van der Waals surface area contributed by atoms with Crippen molar-refractivity contribution in [3.05, 3.63) is 12.2 Å². The van der Waals surface area contributed by atoms with E-state index in [4.69, 9.17) is 9.26 Å². The molecule has 118 valence electrons. The molecule has 0 saturated heterocycles. The number of hydroxylamine groups is 2. The van der Waals surface area contributed by atoms with Crippen LogP contribution in [0.1, 0.15) is 34.6 Å². The Hall–Kier alpha value is -0.653. The Labute approximate surface area is 125 Å². The Morgan fingerprint density at radius 1 is 1.30 bits per heavy atom. The summed E-state index contributed by atoms with van der Waals surface area (Å²) in [5.41, 5.74) is 0. The molecule has 0 spiro atoms. The predicted molar refractivity (Wildman–Crippen MR) is 85.8 cm³/mol. The van der Waals surface area contributed by atoms with Gasteiger partial charge in [-0.25, -0.2) is 5.06 Å². The van der Waals surface area contributed by atoms with Gasteiger partial charge in [0.25, 0.3) is 5.91 Å². The molecule has 2 atom stereocenters. The molecular weight excluding hydrogens is 270 g/mol. The molecule has 0 rings (SSSR count). The monoisotopic (exact) mass is 301 g/mol. The van der Waals surface area contributed by atoms with Crippen molar-refractivity contribution in [1.82, 2.24) is 5.06 Å². The van der Waals surface area contributed by atoms with Gasteiger partial charge in [0.1, 0.15) is 0 Å². The van der Waals surface area contributed by atoms with E-state index in [1.807, 2.05) is 26.0 Å². The molecule has 0 saturated carbocycles. The van der Waals surface area contributed by atoms with Gasteiger partial charge in [0.05, 0.1) is 19.1 Å². The Kier molecular flexibility index (Phi) is 7.14. The Balaban J connectivity index is 5.13. The van der Waals surface area contributed by atoms with Gasteiger partial charge in [0.15, 0.2) is 8.32 Å². The Morgan fingerprint density at radius 2 is 1.80 bits per heavy atom. The second kappa shape index (κ2) is 7.38.